The van der Waals surface area contributed by atoms with Crippen LogP contribution in [0.1, 0.15) is 116 Å². The lowest BCUT2D eigenvalue weighted by Gasteiger charge is -2.30. The molecule has 0 aliphatic heterocycles. The Bertz CT molecular complexity index is 1010. The van der Waals surface area contributed by atoms with Gasteiger partial charge in [-0.25, -0.2) is 0 Å². The van der Waals surface area contributed by atoms with Crippen LogP contribution in [0.2, 0.25) is 0 Å². The van der Waals surface area contributed by atoms with Gasteiger partial charge in [-0.2, -0.15) is 23.5 Å². The molecule has 2 aromatic rings. The molecule has 2 atom stereocenters. The van der Waals surface area contributed by atoms with Crippen LogP contribution in [0.3, 0.4) is 0 Å². The first-order chi connectivity index (χ1) is 18.8. The second-order valence-electron chi connectivity index (χ2n) is 13.0. The molecular formula is C34H52O4S2. The Balaban J connectivity index is 1.83. The van der Waals surface area contributed by atoms with E-state index in [2.05, 4.69) is 53.7 Å². The van der Waals surface area contributed by atoms with Crippen LogP contribution >= 0.6 is 23.5 Å². The Morgan fingerprint density at radius 2 is 1.02 bits per heavy atom. The normalized spacial score (nSPS) is 18.7. The van der Waals surface area contributed by atoms with E-state index in [9.17, 15) is 10.2 Å². The van der Waals surface area contributed by atoms with Crippen molar-refractivity contribution in [1.82, 2.24) is 0 Å². The Morgan fingerprint density at radius 3 is 1.35 bits per heavy atom. The molecule has 2 N–H and O–H groups in total. The Labute approximate surface area is 252 Å². The van der Waals surface area contributed by atoms with Gasteiger partial charge in [0.25, 0.3) is 0 Å². The fourth-order valence-corrected chi connectivity index (χ4v) is 8.21. The second kappa shape index (κ2) is 14.5. The van der Waals surface area contributed by atoms with Crippen molar-refractivity contribution in [3.05, 3.63) is 46.5 Å². The molecule has 2 aromatic carbocycles. The number of thioether (sulfide) groups is 2. The highest BCUT2D eigenvalue weighted by molar-refractivity contribution is 8.03. The van der Waals surface area contributed by atoms with Crippen LogP contribution in [0.15, 0.2) is 24.3 Å². The van der Waals surface area contributed by atoms with Crippen molar-refractivity contribution in [2.24, 2.45) is 0 Å². The summed E-state index contributed by atoms with van der Waals surface area (Å²) in [7, 11) is 0. The van der Waals surface area contributed by atoms with Gasteiger partial charge in [-0.1, -0.05) is 79.4 Å². The molecule has 0 spiro atoms. The van der Waals surface area contributed by atoms with Gasteiger partial charge in [0.2, 0.25) is 0 Å². The van der Waals surface area contributed by atoms with E-state index in [-0.39, 0.29) is 22.3 Å². The highest BCUT2D eigenvalue weighted by Crippen LogP contribution is 2.43. The van der Waals surface area contributed by atoms with Gasteiger partial charge in [-0.05, 0) is 60.8 Å². The van der Waals surface area contributed by atoms with Gasteiger partial charge in [-0.3, -0.25) is 0 Å². The standard InChI is InChI=1S/C34H52O4S2/c1-9-37-27-19-25(33(3,4)5)17-23(31(27)35)21-39-29-15-13-11-12-14-16-30(29)40-22-24-18-26(34(6,7)8)20-28(32(24)36)38-10-2/h17-20,29-30,35-36H,9-16,21-22H2,1-8H3. The summed E-state index contributed by atoms with van der Waals surface area (Å²) < 4.78 is 11.6. The predicted molar refractivity (Wildman–Crippen MR) is 174 cm³/mol. The van der Waals surface area contributed by atoms with Crippen LogP contribution in [-0.2, 0) is 22.3 Å². The van der Waals surface area contributed by atoms with Gasteiger partial charge in [0.1, 0.15) is 0 Å². The topological polar surface area (TPSA) is 58.9 Å². The van der Waals surface area contributed by atoms with E-state index in [1.807, 2.05) is 49.5 Å². The lowest BCUT2D eigenvalue weighted by molar-refractivity contribution is 0.316. The molecule has 0 aromatic heterocycles. The van der Waals surface area contributed by atoms with E-state index < -0.39 is 0 Å². The van der Waals surface area contributed by atoms with Crippen LogP contribution in [0.4, 0.5) is 0 Å². The molecule has 1 saturated carbocycles. The van der Waals surface area contributed by atoms with E-state index in [1.165, 1.54) is 49.7 Å². The average molecular weight is 589 g/mol. The third-order valence-electron chi connectivity index (χ3n) is 7.69. The molecular weight excluding hydrogens is 537 g/mol. The maximum atomic E-state index is 11.1. The summed E-state index contributed by atoms with van der Waals surface area (Å²) in [6, 6.07) is 8.33. The summed E-state index contributed by atoms with van der Waals surface area (Å²) in [5.41, 5.74) is 4.25. The van der Waals surface area contributed by atoms with E-state index >= 15 is 0 Å². The highest BCUT2D eigenvalue weighted by Gasteiger charge is 2.27. The fourth-order valence-electron chi connectivity index (χ4n) is 5.14. The van der Waals surface area contributed by atoms with Crippen molar-refractivity contribution in [2.45, 2.75) is 127 Å². The van der Waals surface area contributed by atoms with Crippen molar-refractivity contribution in [3.8, 4) is 23.0 Å². The fraction of sp³-hybridized carbons (Fsp3) is 0.647. The van der Waals surface area contributed by atoms with Crippen molar-refractivity contribution >= 4 is 23.5 Å². The van der Waals surface area contributed by atoms with Gasteiger partial charge in [-0.15, -0.1) is 0 Å². The van der Waals surface area contributed by atoms with E-state index in [0.29, 0.717) is 35.2 Å². The molecule has 0 radical (unpaired) electrons. The molecule has 2 unspecified atom stereocenters. The SMILES string of the molecule is CCOc1cc(C(C)(C)C)cc(CSC2CCCCCCC2SCc2cc(C(C)(C)C)cc(OCC)c2O)c1O. The lowest BCUT2D eigenvalue weighted by Crippen LogP contribution is -2.22. The molecule has 0 amide bonds. The monoisotopic (exact) mass is 588 g/mol. The van der Waals surface area contributed by atoms with Crippen LogP contribution in [0.5, 0.6) is 23.0 Å². The minimum Gasteiger partial charge on any atom is -0.504 e. The van der Waals surface area contributed by atoms with Crippen molar-refractivity contribution in [3.63, 3.8) is 0 Å². The molecule has 1 fully saturated rings. The zero-order valence-corrected chi connectivity index (χ0v) is 27.7. The summed E-state index contributed by atoms with van der Waals surface area (Å²) in [4.78, 5) is 0. The summed E-state index contributed by atoms with van der Waals surface area (Å²) in [5.74, 6) is 3.27. The molecule has 4 nitrogen and oxygen atoms in total. The van der Waals surface area contributed by atoms with E-state index in [1.54, 1.807) is 0 Å². The van der Waals surface area contributed by atoms with Gasteiger partial charge in [0.15, 0.2) is 23.0 Å². The van der Waals surface area contributed by atoms with Crippen molar-refractivity contribution in [1.29, 1.82) is 0 Å². The van der Waals surface area contributed by atoms with Gasteiger partial charge >= 0.3 is 0 Å². The zero-order chi connectivity index (χ0) is 29.5. The number of phenolic OH excluding ortho intramolecular Hbond substituents is 2. The van der Waals surface area contributed by atoms with E-state index in [0.717, 1.165) is 22.6 Å². The van der Waals surface area contributed by atoms with Gasteiger partial charge in [0, 0.05) is 33.1 Å². The maximum absolute atomic E-state index is 11.1. The summed E-state index contributed by atoms with van der Waals surface area (Å²) in [5, 5.41) is 23.1. The number of rotatable bonds is 10. The lowest BCUT2D eigenvalue weighted by atomic mass is 9.86. The number of phenols is 2. The third-order valence-corrected chi connectivity index (χ3v) is 10.8. The van der Waals surface area contributed by atoms with E-state index in [4.69, 9.17) is 9.47 Å². The number of benzene rings is 2. The maximum Gasteiger partial charge on any atom is 0.161 e. The number of hydrogen-bond acceptors (Lipinski definition) is 6. The third kappa shape index (κ3) is 8.92. The highest BCUT2D eigenvalue weighted by atomic mass is 32.2. The minimum atomic E-state index is -0.0263. The first-order valence-corrected chi connectivity index (χ1v) is 17.2. The molecule has 224 valence electrons. The molecule has 1 aliphatic carbocycles. The molecule has 0 bridgehead atoms. The van der Waals surface area contributed by atoms with Crippen LogP contribution in [0.25, 0.3) is 0 Å². The molecule has 0 saturated heterocycles. The van der Waals surface area contributed by atoms with Crippen LogP contribution in [-0.4, -0.2) is 33.9 Å². The quantitative estimate of drug-likeness (QED) is 0.288. The molecule has 1 aliphatic rings. The summed E-state index contributed by atoms with van der Waals surface area (Å²) in [6.45, 7) is 18.2. The first kappa shape index (κ1) is 32.8. The molecule has 3 rings (SSSR count). The molecule has 40 heavy (non-hydrogen) atoms. The van der Waals surface area contributed by atoms with Crippen molar-refractivity contribution in [2.75, 3.05) is 13.2 Å². The summed E-state index contributed by atoms with van der Waals surface area (Å²) >= 11 is 3.95. The smallest absolute Gasteiger partial charge is 0.161 e. The zero-order valence-electron chi connectivity index (χ0n) is 26.1. The largest absolute Gasteiger partial charge is 0.504 e. The molecule has 6 heteroatoms. The van der Waals surface area contributed by atoms with Crippen LogP contribution < -0.4 is 9.47 Å². The predicted octanol–water partition coefficient (Wildman–Crippen LogP) is 9.75. The Morgan fingerprint density at radius 1 is 0.650 bits per heavy atom. The minimum absolute atomic E-state index is 0.0263. The number of ether oxygens (including phenoxy) is 2. The second-order valence-corrected chi connectivity index (χ2v) is 15.5. The summed E-state index contributed by atoms with van der Waals surface area (Å²) in [6.07, 6.45) is 7.43. The Kier molecular flexibility index (Phi) is 11.9. The molecule has 0 heterocycles. The van der Waals surface area contributed by atoms with Crippen molar-refractivity contribution < 1.29 is 19.7 Å². The number of hydrogen-bond donors (Lipinski definition) is 2. The number of aromatic hydroxyl groups is 2. The average Bonchev–Trinajstić information content (AvgIpc) is 2.85. The first-order valence-electron chi connectivity index (χ1n) is 15.1. The van der Waals surface area contributed by atoms with Crippen LogP contribution in [0, 0.1) is 0 Å². The van der Waals surface area contributed by atoms with Gasteiger partial charge < -0.3 is 19.7 Å². The Hall–Kier alpha value is -1.66. The van der Waals surface area contributed by atoms with Gasteiger partial charge in [0.05, 0.1) is 13.2 Å².